The van der Waals surface area contributed by atoms with Crippen LogP contribution in [0.3, 0.4) is 0 Å². The van der Waals surface area contributed by atoms with Crippen molar-refractivity contribution in [1.29, 1.82) is 0 Å². The summed E-state index contributed by atoms with van der Waals surface area (Å²) in [5.41, 5.74) is 11.8. The molecule has 4 heterocycles. The third-order valence-corrected chi connectivity index (χ3v) is 10.6. The van der Waals surface area contributed by atoms with E-state index in [0.29, 0.717) is 0 Å². The van der Waals surface area contributed by atoms with Crippen molar-refractivity contribution >= 4 is 64.3 Å². The van der Waals surface area contributed by atoms with E-state index < -0.39 is 0 Å². The first kappa shape index (κ1) is 26.3. The van der Waals surface area contributed by atoms with Crippen LogP contribution in [0.5, 0.6) is 0 Å². The van der Waals surface area contributed by atoms with Crippen molar-refractivity contribution in [1.82, 2.24) is 14.1 Å². The van der Waals surface area contributed by atoms with Gasteiger partial charge in [-0.05, 0) is 77.9 Å². The van der Waals surface area contributed by atoms with Crippen molar-refractivity contribution in [3.8, 4) is 33.8 Å². The van der Waals surface area contributed by atoms with Crippen molar-refractivity contribution in [2.75, 3.05) is 0 Å². The Kier molecular flexibility index (Phi) is 5.74. The molecule has 220 valence electrons. The van der Waals surface area contributed by atoms with Crippen LogP contribution < -0.4 is 0 Å². The molecular weight excluding hydrogens is 591 g/mol. The number of fused-ring (bicyclic) bond motifs is 8. The van der Waals surface area contributed by atoms with Gasteiger partial charge in [0.15, 0.2) is 0 Å². The van der Waals surface area contributed by atoms with Crippen molar-refractivity contribution in [2.45, 2.75) is 0 Å². The average Bonchev–Trinajstić information content (AvgIpc) is 3.79. The smallest absolute Gasteiger partial charge is 0.0727 e. The molecule has 0 unspecified atom stereocenters. The number of hydrogen-bond acceptors (Lipinski definition) is 2. The summed E-state index contributed by atoms with van der Waals surface area (Å²) in [7, 11) is 0. The van der Waals surface area contributed by atoms with Gasteiger partial charge in [0.2, 0.25) is 0 Å². The first-order chi connectivity index (χ1) is 23.3. The molecule has 4 heteroatoms. The molecular formula is C43H27N3S. The van der Waals surface area contributed by atoms with Crippen LogP contribution >= 0.6 is 11.3 Å². The van der Waals surface area contributed by atoms with Crippen LogP contribution in [0.15, 0.2) is 164 Å². The Balaban J connectivity index is 1.08. The minimum Gasteiger partial charge on any atom is -0.309 e. The van der Waals surface area contributed by atoms with Crippen LogP contribution in [0.25, 0.3) is 86.8 Å². The molecule has 0 bridgehead atoms. The van der Waals surface area contributed by atoms with Crippen LogP contribution in [0.2, 0.25) is 0 Å². The van der Waals surface area contributed by atoms with Gasteiger partial charge in [-0.1, -0.05) is 91.0 Å². The molecule has 10 aromatic rings. The molecule has 0 aliphatic rings. The highest BCUT2D eigenvalue weighted by atomic mass is 32.1. The largest absolute Gasteiger partial charge is 0.309 e. The third-order valence-electron chi connectivity index (χ3n) is 9.40. The predicted octanol–water partition coefficient (Wildman–Crippen LogP) is 11.8. The Morgan fingerprint density at radius 2 is 1.02 bits per heavy atom. The fourth-order valence-corrected chi connectivity index (χ4v) is 8.46. The zero-order valence-corrected chi connectivity index (χ0v) is 26.2. The molecule has 0 aliphatic heterocycles. The van der Waals surface area contributed by atoms with E-state index >= 15 is 0 Å². The lowest BCUT2D eigenvalue weighted by molar-refractivity contribution is 1.18. The summed E-state index contributed by atoms with van der Waals surface area (Å²) in [4.78, 5) is 4.53. The zero-order chi connectivity index (χ0) is 30.9. The highest BCUT2D eigenvalue weighted by molar-refractivity contribution is 7.26. The SMILES string of the molecule is c1ccc(-c2ccc(-n3c4ccccc4c4cc(-c5ccc(-n6c7ccccc7c7sc8ccccc8c76)cc5)ccc43)cc2)nc1. The molecule has 6 aromatic carbocycles. The molecule has 0 spiro atoms. The normalized spacial score (nSPS) is 11.8. The topological polar surface area (TPSA) is 22.8 Å². The second-order valence-electron chi connectivity index (χ2n) is 12.0. The summed E-state index contributed by atoms with van der Waals surface area (Å²) in [6, 6.07) is 56.9. The van der Waals surface area contributed by atoms with E-state index in [9.17, 15) is 0 Å². The Hall–Kier alpha value is -5.97. The molecule has 0 radical (unpaired) electrons. The van der Waals surface area contributed by atoms with Crippen LogP contribution in [0, 0.1) is 0 Å². The van der Waals surface area contributed by atoms with Crippen LogP contribution in [-0.2, 0) is 0 Å². The highest BCUT2D eigenvalue weighted by Crippen LogP contribution is 2.42. The molecule has 0 aliphatic carbocycles. The lowest BCUT2D eigenvalue weighted by Crippen LogP contribution is -1.94. The maximum Gasteiger partial charge on any atom is 0.0727 e. The molecule has 47 heavy (non-hydrogen) atoms. The molecule has 4 aromatic heterocycles. The summed E-state index contributed by atoms with van der Waals surface area (Å²) < 4.78 is 7.47. The van der Waals surface area contributed by atoms with E-state index in [1.54, 1.807) is 0 Å². The van der Waals surface area contributed by atoms with E-state index in [1.165, 1.54) is 69.8 Å². The minimum absolute atomic E-state index is 0.981. The number of aromatic nitrogens is 3. The molecule has 3 nitrogen and oxygen atoms in total. The number of rotatable bonds is 4. The van der Waals surface area contributed by atoms with E-state index in [0.717, 1.165) is 16.9 Å². The van der Waals surface area contributed by atoms with Gasteiger partial charge in [0.1, 0.15) is 0 Å². The first-order valence-corrected chi connectivity index (χ1v) is 16.7. The van der Waals surface area contributed by atoms with E-state index in [2.05, 4.69) is 160 Å². The monoisotopic (exact) mass is 617 g/mol. The quantitative estimate of drug-likeness (QED) is 0.193. The second kappa shape index (κ2) is 10.3. The molecule has 0 N–H and O–H groups in total. The van der Waals surface area contributed by atoms with E-state index in [4.69, 9.17) is 0 Å². The predicted molar refractivity (Wildman–Crippen MR) is 199 cm³/mol. The van der Waals surface area contributed by atoms with Crippen LogP contribution in [-0.4, -0.2) is 14.1 Å². The van der Waals surface area contributed by atoms with Crippen LogP contribution in [0.4, 0.5) is 0 Å². The van der Waals surface area contributed by atoms with Gasteiger partial charge in [-0.25, -0.2) is 0 Å². The maximum atomic E-state index is 4.53. The maximum absolute atomic E-state index is 4.53. The summed E-state index contributed by atoms with van der Waals surface area (Å²) in [6.07, 6.45) is 1.84. The lowest BCUT2D eigenvalue weighted by atomic mass is 10.0. The average molecular weight is 618 g/mol. The third kappa shape index (κ3) is 4.02. The molecule has 0 fully saturated rings. The number of thiophene rings is 1. The lowest BCUT2D eigenvalue weighted by Gasteiger charge is -2.11. The fourth-order valence-electron chi connectivity index (χ4n) is 7.23. The Bertz CT molecular complexity index is 2760. The zero-order valence-electron chi connectivity index (χ0n) is 25.3. The number of benzene rings is 6. The van der Waals surface area contributed by atoms with Crippen molar-refractivity contribution in [2.24, 2.45) is 0 Å². The van der Waals surface area contributed by atoms with Gasteiger partial charge in [-0.2, -0.15) is 0 Å². The molecule has 0 atom stereocenters. The fraction of sp³-hybridized carbons (Fsp3) is 0. The van der Waals surface area contributed by atoms with E-state index in [-0.39, 0.29) is 0 Å². The molecule has 10 rings (SSSR count). The number of pyridine rings is 1. The van der Waals surface area contributed by atoms with Gasteiger partial charge in [-0.3, -0.25) is 4.98 Å². The minimum atomic E-state index is 0.981. The van der Waals surface area contributed by atoms with E-state index in [1.807, 2.05) is 29.7 Å². The Morgan fingerprint density at radius 1 is 0.426 bits per heavy atom. The summed E-state index contributed by atoms with van der Waals surface area (Å²) in [5.74, 6) is 0. The van der Waals surface area contributed by atoms with Gasteiger partial charge in [0, 0.05) is 49.4 Å². The van der Waals surface area contributed by atoms with Gasteiger partial charge >= 0.3 is 0 Å². The standard InChI is InChI=1S/C43H27N3S/c1-4-13-38-33(9-1)36-27-30(20-25-40(36)45(38)31-23-18-29(19-24-31)37-12-7-8-26-44-37)28-16-21-32(22-17-28)46-39-14-5-2-10-34(39)43-42(46)35-11-3-6-15-41(35)47-43/h1-27H. The number of nitrogens with zero attached hydrogens (tertiary/aromatic N) is 3. The van der Waals surface area contributed by atoms with Gasteiger partial charge in [0.05, 0.1) is 32.5 Å². The van der Waals surface area contributed by atoms with Crippen LogP contribution in [0.1, 0.15) is 0 Å². The number of para-hydroxylation sites is 2. The summed E-state index contributed by atoms with van der Waals surface area (Å²) in [6.45, 7) is 0. The van der Waals surface area contributed by atoms with Crippen molar-refractivity contribution in [3.63, 3.8) is 0 Å². The highest BCUT2D eigenvalue weighted by Gasteiger charge is 2.18. The molecule has 0 amide bonds. The van der Waals surface area contributed by atoms with Gasteiger partial charge in [0.25, 0.3) is 0 Å². The summed E-state index contributed by atoms with van der Waals surface area (Å²) in [5, 5.41) is 5.11. The first-order valence-electron chi connectivity index (χ1n) is 15.9. The van der Waals surface area contributed by atoms with Crippen molar-refractivity contribution < 1.29 is 0 Å². The second-order valence-corrected chi connectivity index (χ2v) is 13.1. The Labute approximate surface area is 275 Å². The molecule has 0 saturated carbocycles. The Morgan fingerprint density at radius 3 is 1.79 bits per heavy atom. The van der Waals surface area contributed by atoms with Crippen molar-refractivity contribution in [3.05, 3.63) is 164 Å². The van der Waals surface area contributed by atoms with Gasteiger partial charge < -0.3 is 9.13 Å². The number of hydrogen-bond donors (Lipinski definition) is 0. The van der Waals surface area contributed by atoms with Gasteiger partial charge in [-0.15, -0.1) is 11.3 Å². The summed E-state index contributed by atoms with van der Waals surface area (Å²) >= 11 is 1.88. The molecule has 0 saturated heterocycles.